The number of pyridine rings is 1. The number of hydrogen-bond donors (Lipinski definition) is 0. The normalized spacial score (nSPS) is 18.0. The molecule has 0 bridgehead atoms. The van der Waals surface area contributed by atoms with E-state index in [1.165, 1.54) is 4.90 Å². The van der Waals surface area contributed by atoms with Crippen molar-refractivity contribution >= 4 is 6.09 Å². The lowest BCUT2D eigenvalue weighted by atomic mass is 9.95. The number of carbonyl (C=O) groups is 1. The van der Waals surface area contributed by atoms with Crippen molar-refractivity contribution in [3.8, 4) is 0 Å². The van der Waals surface area contributed by atoms with Crippen LogP contribution in [0.5, 0.6) is 0 Å². The molecule has 2 heterocycles. The Morgan fingerprint density at radius 1 is 1.57 bits per heavy atom. The average molecular weight is 293 g/mol. The van der Waals surface area contributed by atoms with Crippen molar-refractivity contribution in [1.29, 1.82) is 0 Å². The van der Waals surface area contributed by atoms with Crippen LogP contribution in [0, 0.1) is 10.1 Å². The molecule has 7 nitrogen and oxygen atoms in total. The molecular weight excluding hydrogens is 274 g/mol. The third-order valence-electron chi connectivity index (χ3n) is 3.25. The summed E-state index contributed by atoms with van der Waals surface area (Å²) in [5.74, 6) is 0. The molecule has 7 heteroatoms. The van der Waals surface area contributed by atoms with Crippen molar-refractivity contribution in [2.24, 2.45) is 0 Å². The smallest absolute Gasteiger partial charge is 0.411 e. The number of carbonyl (C=O) groups excluding carboxylic acids is 1. The van der Waals surface area contributed by atoms with Gasteiger partial charge in [-0.05, 0) is 38.8 Å². The number of ether oxygens (including phenoxy) is 1. The zero-order valence-corrected chi connectivity index (χ0v) is 12.4. The molecule has 1 aliphatic rings. The van der Waals surface area contributed by atoms with Gasteiger partial charge < -0.3 is 4.74 Å². The highest BCUT2D eigenvalue weighted by Gasteiger charge is 2.36. The van der Waals surface area contributed by atoms with E-state index in [0.717, 1.165) is 11.1 Å². The van der Waals surface area contributed by atoms with Crippen LogP contribution in [-0.2, 0) is 11.2 Å². The third kappa shape index (κ3) is 3.68. The van der Waals surface area contributed by atoms with Gasteiger partial charge in [0.25, 0.3) is 0 Å². The maximum atomic E-state index is 12.3. The second-order valence-corrected chi connectivity index (χ2v) is 6.03. The Morgan fingerprint density at radius 2 is 2.29 bits per heavy atom. The van der Waals surface area contributed by atoms with E-state index in [-0.39, 0.29) is 6.54 Å². The molecule has 0 saturated carbocycles. The minimum atomic E-state index is -0.633. The zero-order chi connectivity index (χ0) is 15.6. The highest BCUT2D eigenvalue weighted by Crippen LogP contribution is 2.30. The second kappa shape index (κ2) is 5.67. The van der Waals surface area contributed by atoms with Crippen molar-refractivity contribution in [3.63, 3.8) is 0 Å². The van der Waals surface area contributed by atoms with Gasteiger partial charge in [0.05, 0.1) is 0 Å². The van der Waals surface area contributed by atoms with Crippen LogP contribution < -0.4 is 0 Å². The molecule has 0 aliphatic carbocycles. The van der Waals surface area contributed by atoms with Gasteiger partial charge in [-0.15, -0.1) is 0 Å². The Kier molecular flexibility index (Phi) is 4.11. The first-order valence-corrected chi connectivity index (χ1v) is 6.82. The summed E-state index contributed by atoms with van der Waals surface area (Å²) < 4.78 is 5.35. The van der Waals surface area contributed by atoms with Gasteiger partial charge in [0.2, 0.25) is 6.54 Å². The van der Waals surface area contributed by atoms with Crippen molar-refractivity contribution in [2.45, 2.75) is 38.8 Å². The van der Waals surface area contributed by atoms with Gasteiger partial charge in [0, 0.05) is 29.4 Å². The molecule has 1 aromatic heterocycles. The van der Waals surface area contributed by atoms with E-state index in [9.17, 15) is 14.9 Å². The van der Waals surface area contributed by atoms with E-state index in [4.69, 9.17) is 4.74 Å². The Bertz CT molecular complexity index is 553. The lowest BCUT2D eigenvalue weighted by molar-refractivity contribution is -0.487. The highest BCUT2D eigenvalue weighted by molar-refractivity contribution is 5.69. The molecule has 0 N–H and O–H groups in total. The molecule has 1 unspecified atom stereocenters. The molecule has 0 radical (unpaired) electrons. The first-order chi connectivity index (χ1) is 9.78. The summed E-state index contributed by atoms with van der Waals surface area (Å²) >= 11 is 0. The summed E-state index contributed by atoms with van der Waals surface area (Å²) in [5.41, 5.74) is 1.09. The lowest BCUT2D eigenvalue weighted by Crippen LogP contribution is -2.45. The van der Waals surface area contributed by atoms with Crippen molar-refractivity contribution in [1.82, 2.24) is 9.88 Å². The predicted octanol–water partition coefficient (Wildman–Crippen LogP) is 2.19. The molecule has 21 heavy (non-hydrogen) atoms. The maximum Gasteiger partial charge on any atom is 0.411 e. The van der Waals surface area contributed by atoms with E-state index in [1.807, 2.05) is 6.07 Å². The number of hydrogen-bond acceptors (Lipinski definition) is 5. The number of nitro groups is 1. The van der Waals surface area contributed by atoms with Gasteiger partial charge in [0.1, 0.15) is 11.6 Å². The van der Waals surface area contributed by atoms with Gasteiger partial charge in [-0.25, -0.2) is 4.79 Å². The molecule has 1 aliphatic heterocycles. The molecule has 1 aromatic rings. The quantitative estimate of drug-likeness (QED) is 0.616. The fraction of sp³-hybridized carbons (Fsp3) is 0.571. The molecule has 0 saturated heterocycles. The van der Waals surface area contributed by atoms with E-state index < -0.39 is 22.7 Å². The molecule has 0 aromatic carbocycles. The summed E-state index contributed by atoms with van der Waals surface area (Å²) in [6.45, 7) is 5.37. The number of aromatic nitrogens is 1. The zero-order valence-electron chi connectivity index (χ0n) is 12.4. The Balaban J connectivity index is 2.29. The first-order valence-electron chi connectivity index (χ1n) is 6.82. The Hall–Kier alpha value is -2.18. The van der Waals surface area contributed by atoms with Gasteiger partial charge >= 0.3 is 6.09 Å². The van der Waals surface area contributed by atoms with Crippen LogP contribution in [0.15, 0.2) is 18.5 Å². The molecule has 0 spiro atoms. The van der Waals surface area contributed by atoms with Crippen LogP contribution in [0.3, 0.4) is 0 Å². The van der Waals surface area contributed by atoms with E-state index in [0.29, 0.717) is 13.0 Å². The van der Waals surface area contributed by atoms with Gasteiger partial charge in [-0.3, -0.25) is 20.0 Å². The van der Waals surface area contributed by atoms with E-state index in [2.05, 4.69) is 4.98 Å². The summed E-state index contributed by atoms with van der Waals surface area (Å²) in [5, 5.41) is 10.9. The maximum absolute atomic E-state index is 12.3. The molecule has 114 valence electrons. The van der Waals surface area contributed by atoms with Crippen LogP contribution in [0.25, 0.3) is 0 Å². The van der Waals surface area contributed by atoms with Gasteiger partial charge in [0.15, 0.2) is 0 Å². The predicted molar refractivity (Wildman–Crippen MR) is 75.5 cm³/mol. The molecule has 2 rings (SSSR count). The van der Waals surface area contributed by atoms with Crippen molar-refractivity contribution in [2.75, 3.05) is 13.1 Å². The van der Waals surface area contributed by atoms with Crippen molar-refractivity contribution < 1.29 is 14.5 Å². The number of nitrogens with zero attached hydrogens (tertiary/aromatic N) is 3. The average Bonchev–Trinajstić information content (AvgIpc) is 2.36. The van der Waals surface area contributed by atoms with Crippen molar-refractivity contribution in [3.05, 3.63) is 39.7 Å². The lowest BCUT2D eigenvalue weighted by Gasteiger charge is -2.35. The van der Waals surface area contributed by atoms with Crippen LogP contribution in [0.2, 0.25) is 0 Å². The Morgan fingerprint density at radius 3 is 2.90 bits per heavy atom. The number of amides is 1. The monoisotopic (exact) mass is 293 g/mol. The highest BCUT2D eigenvalue weighted by atomic mass is 16.6. The van der Waals surface area contributed by atoms with E-state index in [1.54, 1.807) is 33.2 Å². The first kappa shape index (κ1) is 15.2. The fourth-order valence-corrected chi connectivity index (χ4v) is 2.41. The standard InChI is InChI=1S/C14H19N3O4/c1-14(2,3)21-13(18)16-7-5-10-4-6-15-8-11(10)12(16)9-17(19)20/h4,6,8,12H,5,7,9H2,1-3H3. The topological polar surface area (TPSA) is 85.6 Å². The third-order valence-corrected chi connectivity index (χ3v) is 3.25. The molecule has 1 atom stereocenters. The number of fused-ring (bicyclic) bond motifs is 1. The van der Waals surface area contributed by atoms with Crippen LogP contribution in [0.4, 0.5) is 4.79 Å². The summed E-state index contributed by atoms with van der Waals surface area (Å²) in [6, 6.07) is 1.21. The molecular formula is C14H19N3O4. The fourth-order valence-electron chi connectivity index (χ4n) is 2.41. The van der Waals surface area contributed by atoms with Gasteiger partial charge in [-0.1, -0.05) is 0 Å². The largest absolute Gasteiger partial charge is 0.444 e. The molecule has 0 fully saturated rings. The summed E-state index contributed by atoms with van der Waals surface area (Å²) in [6.07, 6.45) is 3.38. The van der Waals surface area contributed by atoms with Crippen LogP contribution in [0.1, 0.15) is 37.9 Å². The van der Waals surface area contributed by atoms with Gasteiger partial charge in [-0.2, -0.15) is 0 Å². The van der Waals surface area contributed by atoms with Crippen LogP contribution >= 0.6 is 0 Å². The molecule has 1 amide bonds. The summed E-state index contributed by atoms with van der Waals surface area (Å²) in [7, 11) is 0. The van der Waals surface area contributed by atoms with Crippen LogP contribution in [-0.4, -0.2) is 39.6 Å². The SMILES string of the molecule is CC(C)(C)OC(=O)N1CCc2ccncc2C1C[N+](=O)[O-]. The van der Waals surface area contributed by atoms with E-state index >= 15 is 0 Å². The Labute approximate surface area is 123 Å². The minimum absolute atomic E-state index is 0.349. The summed E-state index contributed by atoms with van der Waals surface area (Å²) in [4.78, 5) is 28.3. The number of rotatable bonds is 2. The second-order valence-electron chi connectivity index (χ2n) is 6.03. The minimum Gasteiger partial charge on any atom is -0.444 e.